The fraction of sp³-hybridized carbons (Fsp3) is 0.714. The van der Waals surface area contributed by atoms with E-state index >= 15 is 0 Å². The molecule has 0 saturated carbocycles. The molecule has 1 aromatic heterocycles. The second-order valence-electron chi connectivity index (χ2n) is 4.77. The van der Waals surface area contributed by atoms with E-state index in [0.717, 1.165) is 44.3 Å². The van der Waals surface area contributed by atoms with E-state index in [1.807, 2.05) is 12.1 Å². The second kappa shape index (κ2) is 8.31. The molecule has 0 aromatic carbocycles. The molecule has 2 N–H and O–H groups in total. The zero-order valence-electron chi connectivity index (χ0n) is 11.2. The van der Waals surface area contributed by atoms with Gasteiger partial charge in [0.25, 0.3) is 0 Å². The van der Waals surface area contributed by atoms with Crippen molar-refractivity contribution in [3.05, 3.63) is 24.2 Å². The maximum absolute atomic E-state index is 5.55. The third kappa shape index (κ3) is 5.89. The van der Waals surface area contributed by atoms with Crippen LogP contribution in [-0.4, -0.2) is 24.5 Å². The Labute approximate surface area is 105 Å². The van der Waals surface area contributed by atoms with E-state index in [-0.39, 0.29) is 0 Å². The van der Waals surface area contributed by atoms with E-state index in [0.29, 0.717) is 0 Å². The molecule has 0 saturated heterocycles. The summed E-state index contributed by atoms with van der Waals surface area (Å²) in [5.74, 6) is 1.81. The van der Waals surface area contributed by atoms with Crippen LogP contribution in [0.25, 0.3) is 0 Å². The predicted molar refractivity (Wildman–Crippen MR) is 71.7 cm³/mol. The minimum atomic E-state index is 0.752. The minimum Gasteiger partial charge on any atom is -0.468 e. The third-order valence-corrected chi connectivity index (χ3v) is 3.24. The van der Waals surface area contributed by atoms with Gasteiger partial charge in [-0.1, -0.05) is 13.8 Å². The highest BCUT2D eigenvalue weighted by atomic mass is 16.3. The summed E-state index contributed by atoms with van der Waals surface area (Å²) in [5.41, 5.74) is 5.55. The molecule has 0 aliphatic carbocycles. The molecule has 3 heteroatoms. The smallest absolute Gasteiger partial charge is 0.117 e. The Bertz CT molecular complexity index is 272. The van der Waals surface area contributed by atoms with Crippen LogP contribution in [0, 0.1) is 5.92 Å². The number of hydrogen-bond donors (Lipinski definition) is 1. The Hall–Kier alpha value is -0.800. The average molecular weight is 238 g/mol. The topological polar surface area (TPSA) is 42.4 Å². The summed E-state index contributed by atoms with van der Waals surface area (Å²) in [6.07, 6.45) is 5.40. The first-order valence-corrected chi connectivity index (χ1v) is 6.71. The predicted octanol–water partition coefficient (Wildman–Crippen LogP) is 2.87. The van der Waals surface area contributed by atoms with Gasteiger partial charge in [0, 0.05) is 0 Å². The fourth-order valence-corrected chi connectivity index (χ4v) is 2.06. The zero-order chi connectivity index (χ0) is 12.5. The van der Waals surface area contributed by atoms with Crippen LogP contribution in [-0.2, 0) is 6.54 Å². The lowest BCUT2D eigenvalue weighted by molar-refractivity contribution is 0.245. The molecule has 1 atom stereocenters. The molecule has 17 heavy (non-hydrogen) atoms. The molecule has 0 radical (unpaired) electrons. The monoisotopic (exact) mass is 238 g/mol. The lowest BCUT2D eigenvalue weighted by atomic mass is 10.0. The molecule has 0 bridgehead atoms. The van der Waals surface area contributed by atoms with Crippen LogP contribution in [0.5, 0.6) is 0 Å². The molecule has 3 nitrogen and oxygen atoms in total. The first-order chi connectivity index (χ1) is 8.26. The van der Waals surface area contributed by atoms with E-state index in [2.05, 4.69) is 18.7 Å². The van der Waals surface area contributed by atoms with Crippen molar-refractivity contribution in [2.45, 2.75) is 39.7 Å². The van der Waals surface area contributed by atoms with Gasteiger partial charge in [0.1, 0.15) is 5.76 Å². The molecule has 0 fully saturated rings. The second-order valence-corrected chi connectivity index (χ2v) is 4.77. The van der Waals surface area contributed by atoms with Gasteiger partial charge in [-0.2, -0.15) is 0 Å². The van der Waals surface area contributed by atoms with Crippen molar-refractivity contribution in [2.24, 2.45) is 11.7 Å². The van der Waals surface area contributed by atoms with Crippen LogP contribution in [0.4, 0.5) is 0 Å². The molecule has 1 heterocycles. The van der Waals surface area contributed by atoms with E-state index in [9.17, 15) is 0 Å². The Morgan fingerprint density at radius 1 is 1.41 bits per heavy atom. The molecule has 1 aromatic rings. The van der Waals surface area contributed by atoms with Gasteiger partial charge in [0.2, 0.25) is 0 Å². The lowest BCUT2D eigenvalue weighted by Crippen LogP contribution is -2.24. The Morgan fingerprint density at radius 3 is 2.82 bits per heavy atom. The Balaban J connectivity index is 2.18. The number of nitrogens with two attached hydrogens (primary N) is 1. The summed E-state index contributed by atoms with van der Waals surface area (Å²) in [5, 5.41) is 0. The van der Waals surface area contributed by atoms with Crippen molar-refractivity contribution < 1.29 is 4.42 Å². The van der Waals surface area contributed by atoms with Gasteiger partial charge < -0.3 is 10.2 Å². The summed E-state index contributed by atoms with van der Waals surface area (Å²) in [6, 6.07) is 3.99. The van der Waals surface area contributed by atoms with Crippen molar-refractivity contribution in [3.63, 3.8) is 0 Å². The maximum atomic E-state index is 5.55. The number of furan rings is 1. The highest BCUT2D eigenvalue weighted by molar-refractivity contribution is 4.97. The molecular formula is C14H26N2O. The molecule has 0 amide bonds. The van der Waals surface area contributed by atoms with Crippen molar-refractivity contribution in [2.75, 3.05) is 19.6 Å². The van der Waals surface area contributed by atoms with Crippen LogP contribution >= 0.6 is 0 Å². The molecule has 98 valence electrons. The minimum absolute atomic E-state index is 0.752. The first-order valence-electron chi connectivity index (χ1n) is 6.71. The van der Waals surface area contributed by atoms with Gasteiger partial charge >= 0.3 is 0 Å². The van der Waals surface area contributed by atoms with Gasteiger partial charge in [-0.15, -0.1) is 0 Å². The van der Waals surface area contributed by atoms with Crippen LogP contribution in [0.2, 0.25) is 0 Å². The van der Waals surface area contributed by atoms with Gasteiger partial charge in [-0.05, 0) is 56.9 Å². The molecule has 0 aliphatic heterocycles. The van der Waals surface area contributed by atoms with Crippen LogP contribution < -0.4 is 5.73 Å². The molecule has 1 rings (SSSR count). The highest BCUT2D eigenvalue weighted by Crippen LogP contribution is 2.11. The average Bonchev–Trinajstić information content (AvgIpc) is 2.81. The largest absolute Gasteiger partial charge is 0.468 e. The van der Waals surface area contributed by atoms with Crippen molar-refractivity contribution >= 4 is 0 Å². The normalized spacial score (nSPS) is 13.2. The summed E-state index contributed by atoms with van der Waals surface area (Å²) >= 11 is 0. The van der Waals surface area contributed by atoms with Crippen molar-refractivity contribution in [3.8, 4) is 0 Å². The molecule has 1 unspecified atom stereocenters. The van der Waals surface area contributed by atoms with Crippen molar-refractivity contribution in [1.29, 1.82) is 0 Å². The van der Waals surface area contributed by atoms with Crippen LogP contribution in [0.1, 0.15) is 38.9 Å². The quantitative estimate of drug-likeness (QED) is 0.719. The van der Waals surface area contributed by atoms with E-state index < -0.39 is 0 Å². The lowest BCUT2D eigenvalue weighted by Gasteiger charge is -2.20. The number of rotatable bonds is 9. The van der Waals surface area contributed by atoms with E-state index in [1.54, 1.807) is 6.26 Å². The molecule has 0 spiro atoms. The standard InChI is InChI=1S/C14H26N2O/c1-3-16(12-14-7-5-11-17-14)10-4-6-13(2)8-9-15/h5,7,11,13H,3-4,6,8-10,12,15H2,1-2H3. The van der Waals surface area contributed by atoms with Gasteiger partial charge in [-0.25, -0.2) is 0 Å². The maximum Gasteiger partial charge on any atom is 0.117 e. The summed E-state index contributed by atoms with van der Waals surface area (Å²) in [6.45, 7) is 8.44. The summed E-state index contributed by atoms with van der Waals surface area (Å²) in [7, 11) is 0. The third-order valence-electron chi connectivity index (χ3n) is 3.24. The zero-order valence-corrected chi connectivity index (χ0v) is 11.2. The summed E-state index contributed by atoms with van der Waals surface area (Å²) in [4.78, 5) is 2.42. The Morgan fingerprint density at radius 2 is 2.24 bits per heavy atom. The molecule has 0 aliphatic rings. The van der Waals surface area contributed by atoms with Gasteiger partial charge in [-0.3, -0.25) is 4.90 Å². The summed E-state index contributed by atoms with van der Waals surface area (Å²) < 4.78 is 5.37. The number of hydrogen-bond acceptors (Lipinski definition) is 3. The SMILES string of the molecule is CCN(CCCC(C)CCN)Cc1ccco1. The van der Waals surface area contributed by atoms with E-state index in [1.165, 1.54) is 12.8 Å². The van der Waals surface area contributed by atoms with Crippen LogP contribution in [0.3, 0.4) is 0 Å². The Kier molecular flexibility index (Phi) is 6.97. The fourth-order valence-electron chi connectivity index (χ4n) is 2.06. The van der Waals surface area contributed by atoms with Crippen LogP contribution in [0.15, 0.2) is 22.8 Å². The molecular weight excluding hydrogens is 212 g/mol. The first kappa shape index (κ1) is 14.3. The van der Waals surface area contributed by atoms with Gasteiger partial charge in [0.15, 0.2) is 0 Å². The van der Waals surface area contributed by atoms with Gasteiger partial charge in [0.05, 0.1) is 12.8 Å². The number of nitrogens with zero attached hydrogens (tertiary/aromatic N) is 1. The van der Waals surface area contributed by atoms with Crippen molar-refractivity contribution in [1.82, 2.24) is 4.90 Å². The van der Waals surface area contributed by atoms with E-state index in [4.69, 9.17) is 10.2 Å². The highest BCUT2D eigenvalue weighted by Gasteiger charge is 2.07.